The first-order valence-corrected chi connectivity index (χ1v) is 9.23. The number of rotatable bonds is 4. The van der Waals surface area contributed by atoms with E-state index in [4.69, 9.17) is 22.7 Å². The van der Waals surface area contributed by atoms with Crippen molar-refractivity contribution in [2.45, 2.75) is 25.6 Å². The Hall–Kier alpha value is -2.05. The lowest BCUT2D eigenvalue weighted by molar-refractivity contribution is 0.740. The average Bonchev–Trinajstić information content (AvgIpc) is 3.02. The highest BCUT2D eigenvalue weighted by molar-refractivity contribution is 8.14. The molecule has 5 nitrogen and oxygen atoms in total. The Balaban J connectivity index is 2.08. The third-order valence-electron chi connectivity index (χ3n) is 4.28. The van der Waals surface area contributed by atoms with E-state index in [2.05, 4.69) is 4.99 Å². The standard InChI is InChI=1S/C18H19ClN4OS/c1-3-23-17(21)12(8-20)6-14(18(23)24)13-5-4-11(7-15(13)19)16-9-22-10(2)25-16/h4-8,16,20H,3,9,21H2,1-2H3. The molecular weight excluding hydrogens is 356 g/mol. The third kappa shape index (κ3) is 3.24. The summed E-state index contributed by atoms with van der Waals surface area (Å²) in [5.74, 6) is 0.300. The van der Waals surface area contributed by atoms with Crippen LogP contribution in [-0.4, -0.2) is 22.4 Å². The van der Waals surface area contributed by atoms with Crippen LogP contribution in [0.4, 0.5) is 5.82 Å². The maximum Gasteiger partial charge on any atom is 0.260 e. The first-order chi connectivity index (χ1) is 12.0. The van der Waals surface area contributed by atoms with Crippen LogP contribution in [-0.2, 0) is 6.54 Å². The summed E-state index contributed by atoms with van der Waals surface area (Å²) in [6.45, 7) is 5.03. The predicted octanol–water partition coefficient (Wildman–Crippen LogP) is 3.97. The molecule has 7 heteroatoms. The summed E-state index contributed by atoms with van der Waals surface area (Å²) in [5, 5.41) is 9.39. The molecule has 3 rings (SSSR count). The molecule has 0 bridgehead atoms. The number of benzene rings is 1. The Bertz CT molecular complexity index is 935. The molecule has 1 aliphatic rings. The molecule has 0 amide bonds. The van der Waals surface area contributed by atoms with E-state index in [9.17, 15) is 4.79 Å². The lowest BCUT2D eigenvalue weighted by Gasteiger charge is -2.15. The minimum absolute atomic E-state index is 0.199. The molecule has 0 saturated heterocycles. The molecule has 2 heterocycles. The van der Waals surface area contributed by atoms with Crippen LogP contribution in [0.15, 0.2) is 34.1 Å². The fourth-order valence-electron chi connectivity index (χ4n) is 2.94. The number of aliphatic imine (C=N–C) groups is 1. The summed E-state index contributed by atoms with van der Waals surface area (Å²) in [5.41, 5.74) is 8.49. The van der Waals surface area contributed by atoms with Gasteiger partial charge in [-0.05, 0) is 31.5 Å². The molecule has 1 aliphatic heterocycles. The van der Waals surface area contributed by atoms with Crippen molar-refractivity contribution in [1.82, 2.24) is 4.57 Å². The quantitative estimate of drug-likeness (QED) is 0.794. The van der Waals surface area contributed by atoms with Gasteiger partial charge in [0.05, 0.1) is 16.8 Å². The van der Waals surface area contributed by atoms with Crippen LogP contribution in [0.25, 0.3) is 11.1 Å². The van der Waals surface area contributed by atoms with E-state index in [1.165, 1.54) is 4.57 Å². The van der Waals surface area contributed by atoms with E-state index in [0.29, 0.717) is 34.1 Å². The minimum atomic E-state index is -0.199. The van der Waals surface area contributed by atoms with Crippen molar-refractivity contribution < 1.29 is 0 Å². The zero-order chi connectivity index (χ0) is 18.1. The highest BCUT2D eigenvalue weighted by Crippen LogP contribution is 2.38. The number of hydrogen-bond donors (Lipinski definition) is 2. The van der Waals surface area contributed by atoms with Gasteiger partial charge in [-0.1, -0.05) is 23.7 Å². The lowest BCUT2D eigenvalue weighted by atomic mass is 10.0. The number of halogens is 1. The van der Waals surface area contributed by atoms with Gasteiger partial charge < -0.3 is 11.1 Å². The van der Waals surface area contributed by atoms with Gasteiger partial charge in [-0.2, -0.15) is 0 Å². The Morgan fingerprint density at radius 3 is 2.76 bits per heavy atom. The van der Waals surface area contributed by atoms with E-state index in [0.717, 1.165) is 23.4 Å². The van der Waals surface area contributed by atoms with Crippen molar-refractivity contribution in [2.24, 2.45) is 4.99 Å². The van der Waals surface area contributed by atoms with Crippen molar-refractivity contribution >= 4 is 40.4 Å². The predicted molar refractivity (Wildman–Crippen MR) is 107 cm³/mol. The number of pyridine rings is 1. The van der Waals surface area contributed by atoms with E-state index >= 15 is 0 Å². The Kier molecular flexibility index (Phi) is 5.01. The van der Waals surface area contributed by atoms with Crippen molar-refractivity contribution in [3.63, 3.8) is 0 Å². The molecule has 130 valence electrons. The number of nitrogen functional groups attached to an aromatic ring is 1. The van der Waals surface area contributed by atoms with E-state index in [-0.39, 0.29) is 10.8 Å². The maximum atomic E-state index is 12.8. The first-order valence-electron chi connectivity index (χ1n) is 7.97. The molecule has 3 N–H and O–H groups in total. The van der Waals surface area contributed by atoms with Gasteiger partial charge in [-0.15, -0.1) is 11.8 Å². The Morgan fingerprint density at radius 1 is 1.44 bits per heavy atom. The van der Waals surface area contributed by atoms with Crippen molar-refractivity contribution in [1.29, 1.82) is 5.41 Å². The van der Waals surface area contributed by atoms with Gasteiger partial charge in [0.15, 0.2) is 0 Å². The molecule has 0 saturated carbocycles. The van der Waals surface area contributed by atoms with Crippen LogP contribution in [0.5, 0.6) is 0 Å². The summed E-state index contributed by atoms with van der Waals surface area (Å²) in [6.07, 6.45) is 1.15. The molecular formula is C18H19ClN4OS. The Morgan fingerprint density at radius 2 is 2.20 bits per heavy atom. The van der Waals surface area contributed by atoms with E-state index < -0.39 is 0 Å². The fourth-order valence-corrected chi connectivity index (χ4v) is 4.22. The highest BCUT2D eigenvalue weighted by atomic mass is 35.5. The summed E-state index contributed by atoms with van der Waals surface area (Å²) >= 11 is 8.22. The summed E-state index contributed by atoms with van der Waals surface area (Å²) in [6, 6.07) is 7.39. The van der Waals surface area contributed by atoms with Gasteiger partial charge in [0.1, 0.15) is 5.82 Å². The van der Waals surface area contributed by atoms with Gasteiger partial charge in [-0.25, -0.2) is 0 Å². The van der Waals surface area contributed by atoms with Gasteiger partial charge in [0.2, 0.25) is 0 Å². The van der Waals surface area contributed by atoms with Crippen molar-refractivity contribution in [3.8, 4) is 11.1 Å². The summed E-state index contributed by atoms with van der Waals surface area (Å²) < 4.78 is 1.46. The first kappa shape index (κ1) is 17.8. The minimum Gasteiger partial charge on any atom is -0.384 e. The second-order valence-electron chi connectivity index (χ2n) is 5.80. The number of nitrogens with one attached hydrogen (secondary N) is 1. The molecule has 25 heavy (non-hydrogen) atoms. The lowest BCUT2D eigenvalue weighted by Crippen LogP contribution is -2.25. The molecule has 1 unspecified atom stereocenters. The monoisotopic (exact) mass is 374 g/mol. The SMILES string of the molecule is CCn1c(N)c(C=N)cc(-c2ccc(C3CN=C(C)S3)cc2Cl)c1=O. The molecule has 1 aromatic heterocycles. The van der Waals surface area contributed by atoms with Crippen LogP contribution >= 0.6 is 23.4 Å². The molecule has 0 aliphatic carbocycles. The van der Waals surface area contributed by atoms with E-state index in [1.807, 2.05) is 32.0 Å². The van der Waals surface area contributed by atoms with Gasteiger partial charge >= 0.3 is 0 Å². The fraction of sp³-hybridized carbons (Fsp3) is 0.278. The largest absolute Gasteiger partial charge is 0.384 e. The van der Waals surface area contributed by atoms with Crippen molar-refractivity contribution in [3.05, 3.63) is 50.8 Å². The normalized spacial score (nSPS) is 16.8. The number of thioether (sulfide) groups is 1. The molecule has 2 aromatic rings. The maximum absolute atomic E-state index is 12.8. The zero-order valence-corrected chi connectivity index (χ0v) is 15.6. The molecule has 0 radical (unpaired) electrons. The topological polar surface area (TPSA) is 84.2 Å². The van der Waals surface area contributed by atoms with Crippen LogP contribution in [0.1, 0.15) is 30.2 Å². The molecule has 0 fully saturated rings. The second kappa shape index (κ2) is 7.06. The average molecular weight is 375 g/mol. The molecule has 1 atom stereocenters. The summed E-state index contributed by atoms with van der Waals surface area (Å²) in [7, 11) is 0. The van der Waals surface area contributed by atoms with Gasteiger partial charge in [0, 0.05) is 34.5 Å². The highest BCUT2D eigenvalue weighted by Gasteiger charge is 2.21. The number of hydrogen-bond acceptors (Lipinski definition) is 5. The van der Waals surface area contributed by atoms with Gasteiger partial charge in [-0.3, -0.25) is 14.4 Å². The number of aromatic nitrogens is 1. The van der Waals surface area contributed by atoms with Crippen LogP contribution in [0.3, 0.4) is 0 Å². The third-order valence-corrected chi connectivity index (χ3v) is 5.77. The number of nitrogens with two attached hydrogens (primary N) is 1. The smallest absolute Gasteiger partial charge is 0.260 e. The van der Waals surface area contributed by atoms with Crippen molar-refractivity contribution in [2.75, 3.05) is 12.3 Å². The molecule has 1 aromatic carbocycles. The van der Waals surface area contributed by atoms with Crippen LogP contribution in [0.2, 0.25) is 5.02 Å². The van der Waals surface area contributed by atoms with E-state index in [1.54, 1.807) is 17.8 Å². The van der Waals surface area contributed by atoms with Crippen LogP contribution < -0.4 is 11.3 Å². The number of anilines is 1. The van der Waals surface area contributed by atoms with Gasteiger partial charge in [0.25, 0.3) is 5.56 Å². The summed E-state index contributed by atoms with van der Waals surface area (Å²) in [4.78, 5) is 17.2. The van der Waals surface area contributed by atoms with Crippen LogP contribution in [0, 0.1) is 5.41 Å². The second-order valence-corrected chi connectivity index (χ2v) is 7.60. The number of nitrogens with zero attached hydrogens (tertiary/aromatic N) is 2. The Labute approximate surface area is 155 Å². The zero-order valence-electron chi connectivity index (χ0n) is 14.0. The molecule has 0 spiro atoms.